The number of rotatable bonds is 2. The zero-order valence-corrected chi connectivity index (χ0v) is 6.13. The number of nitrogens with one attached hydrogen (secondary N) is 1. The summed E-state index contributed by atoms with van der Waals surface area (Å²) in [6, 6.07) is 0. The molecule has 0 spiro atoms. The minimum absolute atomic E-state index is 0.531. The number of hydrogen-bond donors (Lipinski definition) is 2. The first-order chi connectivity index (χ1) is 4.68. The number of nitrogens with zero attached hydrogens (tertiary/aromatic N) is 2. The topological polar surface area (TPSA) is 67.2 Å². The molecule has 0 amide bonds. The molecule has 56 valence electrons. The maximum atomic E-state index is 10.1. The number of anilines is 1. The Bertz CT molecular complexity index is 246. The van der Waals surface area contributed by atoms with E-state index >= 15 is 0 Å². The van der Waals surface area contributed by atoms with Crippen molar-refractivity contribution in [3.8, 4) is 0 Å². The van der Waals surface area contributed by atoms with E-state index in [4.69, 9.17) is 4.55 Å². The first-order valence-electron chi connectivity index (χ1n) is 2.54. The number of aryl methyl sites for hydroxylation is 1. The second-order valence-corrected chi connectivity index (χ2v) is 2.46. The highest BCUT2D eigenvalue weighted by molar-refractivity contribution is 7.80. The van der Waals surface area contributed by atoms with Gasteiger partial charge in [0.1, 0.15) is 0 Å². The van der Waals surface area contributed by atoms with Gasteiger partial charge < -0.3 is 0 Å². The van der Waals surface area contributed by atoms with Gasteiger partial charge in [-0.05, 0) is 0 Å². The average molecular weight is 161 g/mol. The molecule has 1 heterocycles. The van der Waals surface area contributed by atoms with Gasteiger partial charge in [0, 0.05) is 13.2 Å². The Morgan fingerprint density at radius 3 is 3.00 bits per heavy atom. The maximum Gasteiger partial charge on any atom is 0.259 e. The molecule has 1 aromatic rings. The lowest BCUT2D eigenvalue weighted by molar-refractivity contribution is 0.570. The molecule has 0 aliphatic carbocycles. The Morgan fingerprint density at radius 2 is 2.60 bits per heavy atom. The van der Waals surface area contributed by atoms with Gasteiger partial charge in [0.25, 0.3) is 11.3 Å². The van der Waals surface area contributed by atoms with E-state index in [0.717, 1.165) is 0 Å². The van der Waals surface area contributed by atoms with Crippen LogP contribution < -0.4 is 4.72 Å². The van der Waals surface area contributed by atoms with Crippen molar-refractivity contribution >= 4 is 17.0 Å². The quantitative estimate of drug-likeness (QED) is 0.598. The third-order valence-electron chi connectivity index (χ3n) is 0.910. The van der Waals surface area contributed by atoms with Crippen LogP contribution in [0, 0.1) is 0 Å². The lowest BCUT2D eigenvalue weighted by Crippen LogP contribution is -2.00. The minimum Gasteiger partial charge on any atom is -0.289 e. The molecule has 6 heteroatoms. The number of hydrogen-bond acceptors (Lipinski definition) is 2. The third-order valence-corrected chi connectivity index (χ3v) is 1.32. The Kier molecular flexibility index (Phi) is 2.03. The van der Waals surface area contributed by atoms with Gasteiger partial charge in [-0.2, -0.15) is 5.10 Å². The van der Waals surface area contributed by atoms with Crippen molar-refractivity contribution in [1.82, 2.24) is 9.78 Å². The predicted molar refractivity (Wildman–Crippen MR) is 37.6 cm³/mol. The van der Waals surface area contributed by atoms with Crippen LogP contribution in [0.1, 0.15) is 0 Å². The Morgan fingerprint density at radius 1 is 1.90 bits per heavy atom. The first kappa shape index (κ1) is 7.23. The first-order valence-corrected chi connectivity index (χ1v) is 3.65. The summed E-state index contributed by atoms with van der Waals surface area (Å²) in [4.78, 5) is 0. The zero-order valence-electron chi connectivity index (χ0n) is 5.31. The highest BCUT2D eigenvalue weighted by Crippen LogP contribution is 2.02. The van der Waals surface area contributed by atoms with Crippen LogP contribution in [0.25, 0.3) is 0 Å². The summed E-state index contributed by atoms with van der Waals surface area (Å²) < 4.78 is 22.3. The summed E-state index contributed by atoms with van der Waals surface area (Å²) >= 11 is -2.01. The molecule has 1 rings (SSSR count). The molecule has 1 aromatic heterocycles. The van der Waals surface area contributed by atoms with E-state index in [1.165, 1.54) is 10.9 Å². The van der Waals surface area contributed by atoms with Gasteiger partial charge in [0.15, 0.2) is 0 Å². The second kappa shape index (κ2) is 2.80. The molecule has 0 saturated heterocycles. The van der Waals surface area contributed by atoms with E-state index in [1.807, 2.05) is 0 Å². The Labute approximate surface area is 60.5 Å². The summed E-state index contributed by atoms with van der Waals surface area (Å²) in [5.74, 6) is 0. The highest BCUT2D eigenvalue weighted by atomic mass is 32.2. The minimum atomic E-state index is -2.01. The fraction of sp³-hybridized carbons (Fsp3) is 0.250. The van der Waals surface area contributed by atoms with Gasteiger partial charge in [0.2, 0.25) is 0 Å². The summed E-state index contributed by atoms with van der Waals surface area (Å²) in [5, 5.41) is 3.78. The summed E-state index contributed by atoms with van der Waals surface area (Å²) in [6.45, 7) is 0. The summed E-state index contributed by atoms with van der Waals surface area (Å²) in [7, 11) is 1.73. The van der Waals surface area contributed by atoms with E-state index in [-0.39, 0.29) is 0 Å². The molecule has 0 aliphatic heterocycles. The predicted octanol–water partition coefficient (Wildman–Crippen LogP) is -0.0313. The van der Waals surface area contributed by atoms with Crippen LogP contribution in [0.3, 0.4) is 0 Å². The van der Waals surface area contributed by atoms with Crippen LogP contribution in [-0.2, 0) is 18.3 Å². The van der Waals surface area contributed by atoms with Crippen molar-refractivity contribution in [2.24, 2.45) is 7.05 Å². The highest BCUT2D eigenvalue weighted by Gasteiger charge is 1.95. The van der Waals surface area contributed by atoms with Gasteiger partial charge in [-0.15, -0.1) is 0 Å². The molecule has 0 bridgehead atoms. The second-order valence-electron chi connectivity index (χ2n) is 1.75. The van der Waals surface area contributed by atoms with Crippen molar-refractivity contribution < 1.29 is 8.76 Å². The van der Waals surface area contributed by atoms with Crippen molar-refractivity contribution in [2.75, 3.05) is 4.72 Å². The standard InChI is InChI=1S/C4H7N3O2S/c1-7-3-4(2-5-7)6-10(8)9/h2-3,6H,1H3,(H,8,9). The lowest BCUT2D eigenvalue weighted by Gasteiger charge is -1.91. The van der Waals surface area contributed by atoms with E-state index < -0.39 is 11.3 Å². The molecule has 5 nitrogen and oxygen atoms in total. The van der Waals surface area contributed by atoms with Gasteiger partial charge in [0.05, 0.1) is 11.9 Å². The Hall–Kier alpha value is -0.880. The fourth-order valence-corrected chi connectivity index (χ4v) is 0.882. The monoisotopic (exact) mass is 161 g/mol. The number of aromatic nitrogens is 2. The summed E-state index contributed by atoms with van der Waals surface area (Å²) in [6.07, 6.45) is 3.07. The van der Waals surface area contributed by atoms with Crippen LogP contribution in [-0.4, -0.2) is 18.5 Å². The molecule has 1 atom stereocenters. The van der Waals surface area contributed by atoms with Crippen LogP contribution in [0.2, 0.25) is 0 Å². The van der Waals surface area contributed by atoms with Crippen molar-refractivity contribution in [2.45, 2.75) is 0 Å². The molecular formula is C4H7N3O2S. The van der Waals surface area contributed by atoms with Crippen molar-refractivity contribution in [3.05, 3.63) is 12.4 Å². The SMILES string of the molecule is Cn1cc(NS(=O)O)cn1. The van der Waals surface area contributed by atoms with Crippen molar-refractivity contribution in [1.29, 1.82) is 0 Å². The van der Waals surface area contributed by atoms with Crippen LogP contribution in [0.15, 0.2) is 12.4 Å². The normalized spacial score (nSPS) is 13.0. The molecule has 0 radical (unpaired) electrons. The molecular weight excluding hydrogens is 154 g/mol. The van der Waals surface area contributed by atoms with E-state index in [9.17, 15) is 4.21 Å². The molecule has 0 saturated carbocycles. The van der Waals surface area contributed by atoms with Gasteiger partial charge in [-0.3, -0.25) is 14.0 Å². The van der Waals surface area contributed by atoms with E-state index in [1.54, 1.807) is 13.2 Å². The van der Waals surface area contributed by atoms with Crippen LogP contribution >= 0.6 is 0 Å². The van der Waals surface area contributed by atoms with Crippen LogP contribution in [0.4, 0.5) is 5.69 Å². The molecule has 10 heavy (non-hydrogen) atoms. The van der Waals surface area contributed by atoms with E-state index in [2.05, 4.69) is 9.82 Å². The fourth-order valence-electron chi connectivity index (χ4n) is 0.575. The van der Waals surface area contributed by atoms with Gasteiger partial charge in [-0.1, -0.05) is 0 Å². The lowest BCUT2D eigenvalue weighted by atomic mass is 10.6. The van der Waals surface area contributed by atoms with Gasteiger partial charge >= 0.3 is 0 Å². The average Bonchev–Trinajstić information content (AvgIpc) is 2.13. The summed E-state index contributed by atoms with van der Waals surface area (Å²) in [5.41, 5.74) is 0.531. The third kappa shape index (κ3) is 1.82. The Balaban J connectivity index is 2.67. The largest absolute Gasteiger partial charge is 0.289 e. The zero-order chi connectivity index (χ0) is 7.56. The maximum absolute atomic E-state index is 10.1. The molecule has 1 unspecified atom stereocenters. The van der Waals surface area contributed by atoms with Crippen molar-refractivity contribution in [3.63, 3.8) is 0 Å². The smallest absolute Gasteiger partial charge is 0.259 e. The molecule has 2 N–H and O–H groups in total. The van der Waals surface area contributed by atoms with Crippen LogP contribution in [0.5, 0.6) is 0 Å². The van der Waals surface area contributed by atoms with E-state index in [0.29, 0.717) is 5.69 Å². The van der Waals surface area contributed by atoms with Gasteiger partial charge in [-0.25, -0.2) is 4.21 Å². The molecule has 0 aliphatic rings. The molecule has 0 fully saturated rings. The molecule has 0 aromatic carbocycles.